The van der Waals surface area contributed by atoms with Crippen LogP contribution in [0, 0.1) is 5.82 Å². The van der Waals surface area contributed by atoms with E-state index in [9.17, 15) is 4.39 Å². The number of rotatable bonds is 2. The van der Waals surface area contributed by atoms with E-state index < -0.39 is 6.04 Å². The lowest BCUT2D eigenvalue weighted by Crippen LogP contribution is -2.12. The Balaban J connectivity index is 2.37. The molecule has 0 fully saturated rings. The Hall–Kier alpha value is -0.420. The second-order valence-electron chi connectivity index (χ2n) is 3.31. The van der Waals surface area contributed by atoms with Crippen LogP contribution in [0.1, 0.15) is 16.5 Å². The minimum atomic E-state index is -0.450. The van der Waals surface area contributed by atoms with Crippen LogP contribution in [0.15, 0.2) is 34.1 Å². The van der Waals surface area contributed by atoms with E-state index in [0.717, 1.165) is 9.35 Å². The summed E-state index contributed by atoms with van der Waals surface area (Å²) in [6, 6.07) is 5.98. The SMILES string of the molecule is NC(c1cc(Br)cs1)c1ccc(Cl)cc1F. The van der Waals surface area contributed by atoms with Crippen LogP contribution in [0.5, 0.6) is 0 Å². The molecule has 16 heavy (non-hydrogen) atoms. The third-order valence-electron chi connectivity index (χ3n) is 2.19. The van der Waals surface area contributed by atoms with Gasteiger partial charge in [-0.05, 0) is 34.1 Å². The van der Waals surface area contributed by atoms with Crippen molar-refractivity contribution in [2.24, 2.45) is 5.73 Å². The summed E-state index contributed by atoms with van der Waals surface area (Å²) < 4.78 is 14.6. The highest BCUT2D eigenvalue weighted by Gasteiger charge is 2.15. The standard InChI is InChI=1S/C11H8BrClFNS/c12-6-3-10(16-5-6)11(15)8-2-1-7(13)4-9(8)14/h1-5,11H,15H2. The van der Waals surface area contributed by atoms with Gasteiger partial charge in [0.25, 0.3) is 0 Å². The molecule has 0 aliphatic rings. The van der Waals surface area contributed by atoms with E-state index in [1.54, 1.807) is 12.1 Å². The van der Waals surface area contributed by atoms with Gasteiger partial charge in [0.2, 0.25) is 0 Å². The highest BCUT2D eigenvalue weighted by Crippen LogP contribution is 2.30. The molecule has 2 aromatic rings. The summed E-state index contributed by atoms with van der Waals surface area (Å²) in [5.74, 6) is -0.371. The number of thiophene rings is 1. The van der Waals surface area contributed by atoms with Gasteiger partial charge in [-0.1, -0.05) is 17.7 Å². The molecule has 0 aliphatic heterocycles. The Labute approximate surface area is 110 Å². The molecule has 0 saturated heterocycles. The number of halogens is 3. The fourth-order valence-electron chi connectivity index (χ4n) is 1.40. The van der Waals surface area contributed by atoms with E-state index in [-0.39, 0.29) is 5.82 Å². The molecule has 0 aliphatic carbocycles. The maximum Gasteiger partial charge on any atom is 0.129 e. The number of hydrogen-bond acceptors (Lipinski definition) is 2. The predicted molar refractivity (Wildman–Crippen MR) is 69.5 cm³/mol. The first-order valence-corrected chi connectivity index (χ1v) is 6.57. The Bertz CT molecular complexity index is 514. The summed E-state index contributed by atoms with van der Waals surface area (Å²) in [4.78, 5) is 0.910. The number of nitrogens with two attached hydrogens (primary N) is 1. The van der Waals surface area contributed by atoms with Gasteiger partial charge in [0.05, 0.1) is 6.04 Å². The van der Waals surface area contributed by atoms with Gasteiger partial charge in [0.15, 0.2) is 0 Å². The molecule has 84 valence electrons. The molecule has 5 heteroatoms. The summed E-state index contributed by atoms with van der Waals surface area (Å²) in [5, 5.41) is 2.30. The molecule has 0 radical (unpaired) electrons. The zero-order chi connectivity index (χ0) is 11.7. The van der Waals surface area contributed by atoms with E-state index in [4.69, 9.17) is 17.3 Å². The van der Waals surface area contributed by atoms with Gasteiger partial charge in [0.1, 0.15) is 5.82 Å². The van der Waals surface area contributed by atoms with Crippen LogP contribution >= 0.6 is 38.9 Å². The number of hydrogen-bond donors (Lipinski definition) is 1. The highest BCUT2D eigenvalue weighted by molar-refractivity contribution is 9.10. The second kappa shape index (κ2) is 4.84. The van der Waals surface area contributed by atoms with Crippen LogP contribution in [0.4, 0.5) is 4.39 Å². The van der Waals surface area contributed by atoms with E-state index in [2.05, 4.69) is 15.9 Å². The van der Waals surface area contributed by atoms with Gasteiger partial charge < -0.3 is 5.73 Å². The Morgan fingerprint density at radius 2 is 2.12 bits per heavy atom. The van der Waals surface area contributed by atoms with E-state index in [1.807, 2.05) is 11.4 Å². The quantitative estimate of drug-likeness (QED) is 0.874. The zero-order valence-electron chi connectivity index (χ0n) is 8.08. The fourth-order valence-corrected chi connectivity index (χ4v) is 3.02. The fraction of sp³-hybridized carbons (Fsp3) is 0.0909. The highest BCUT2D eigenvalue weighted by atomic mass is 79.9. The lowest BCUT2D eigenvalue weighted by atomic mass is 10.1. The van der Waals surface area contributed by atoms with Crippen molar-refractivity contribution in [2.75, 3.05) is 0 Å². The van der Waals surface area contributed by atoms with Crippen molar-refractivity contribution in [3.8, 4) is 0 Å². The minimum absolute atomic E-state index is 0.371. The van der Waals surface area contributed by atoms with Crippen molar-refractivity contribution >= 4 is 38.9 Å². The van der Waals surface area contributed by atoms with Crippen molar-refractivity contribution in [3.63, 3.8) is 0 Å². The molecule has 1 aromatic carbocycles. The van der Waals surface area contributed by atoms with Gasteiger partial charge >= 0.3 is 0 Å². The molecule has 1 heterocycles. The summed E-state index contributed by atoms with van der Waals surface area (Å²) in [6.07, 6.45) is 0. The summed E-state index contributed by atoms with van der Waals surface area (Å²) >= 11 is 10.5. The predicted octanol–water partition coefficient (Wildman–Crippen LogP) is 4.35. The van der Waals surface area contributed by atoms with Gasteiger partial charge in [0, 0.05) is 25.3 Å². The molecule has 1 unspecified atom stereocenters. The van der Waals surface area contributed by atoms with E-state index in [0.29, 0.717) is 10.6 Å². The smallest absolute Gasteiger partial charge is 0.129 e. The topological polar surface area (TPSA) is 26.0 Å². The molecule has 2 rings (SSSR count). The average Bonchev–Trinajstić information content (AvgIpc) is 2.64. The van der Waals surface area contributed by atoms with E-state index >= 15 is 0 Å². The molecule has 0 bridgehead atoms. The maximum absolute atomic E-state index is 13.6. The normalized spacial score (nSPS) is 12.8. The lowest BCUT2D eigenvalue weighted by Gasteiger charge is -2.11. The summed E-state index contributed by atoms with van der Waals surface area (Å²) in [6.45, 7) is 0. The molecular weight excluding hydrogens is 313 g/mol. The van der Waals surface area contributed by atoms with Crippen molar-refractivity contribution in [1.82, 2.24) is 0 Å². The molecule has 1 nitrogen and oxygen atoms in total. The van der Waals surface area contributed by atoms with Gasteiger partial charge in [-0.15, -0.1) is 11.3 Å². The molecule has 0 amide bonds. The van der Waals surface area contributed by atoms with Crippen LogP contribution in [0.3, 0.4) is 0 Å². The Morgan fingerprint density at radius 1 is 1.38 bits per heavy atom. The van der Waals surface area contributed by atoms with Crippen molar-refractivity contribution in [3.05, 3.63) is 55.4 Å². The molecule has 0 spiro atoms. The third kappa shape index (κ3) is 2.46. The summed E-state index contributed by atoms with van der Waals surface area (Å²) in [7, 11) is 0. The zero-order valence-corrected chi connectivity index (χ0v) is 11.2. The number of benzene rings is 1. The monoisotopic (exact) mass is 319 g/mol. The van der Waals surface area contributed by atoms with Crippen LogP contribution in [0.25, 0.3) is 0 Å². The maximum atomic E-state index is 13.6. The van der Waals surface area contributed by atoms with Crippen LogP contribution < -0.4 is 5.73 Å². The minimum Gasteiger partial charge on any atom is -0.320 e. The van der Waals surface area contributed by atoms with Gasteiger partial charge in [-0.2, -0.15) is 0 Å². The van der Waals surface area contributed by atoms with Crippen molar-refractivity contribution in [1.29, 1.82) is 0 Å². The lowest BCUT2D eigenvalue weighted by molar-refractivity contribution is 0.601. The third-order valence-corrected chi connectivity index (χ3v) is 4.20. The average molecular weight is 321 g/mol. The van der Waals surface area contributed by atoms with Crippen molar-refractivity contribution < 1.29 is 4.39 Å². The van der Waals surface area contributed by atoms with Gasteiger partial charge in [-0.25, -0.2) is 4.39 Å². The molecule has 0 saturated carbocycles. The molecular formula is C11H8BrClFNS. The first-order valence-electron chi connectivity index (χ1n) is 4.52. The van der Waals surface area contributed by atoms with Crippen LogP contribution in [0.2, 0.25) is 5.02 Å². The molecule has 1 atom stereocenters. The van der Waals surface area contributed by atoms with Crippen LogP contribution in [-0.2, 0) is 0 Å². The Kier molecular flexibility index (Phi) is 3.64. The first kappa shape index (κ1) is 12.0. The van der Waals surface area contributed by atoms with E-state index in [1.165, 1.54) is 17.4 Å². The first-order chi connectivity index (χ1) is 7.58. The summed E-state index contributed by atoms with van der Waals surface area (Å²) in [5.41, 5.74) is 6.44. The van der Waals surface area contributed by atoms with Crippen LogP contribution in [-0.4, -0.2) is 0 Å². The molecule has 1 aromatic heterocycles. The largest absolute Gasteiger partial charge is 0.320 e. The van der Waals surface area contributed by atoms with Gasteiger partial charge in [-0.3, -0.25) is 0 Å². The second-order valence-corrected chi connectivity index (χ2v) is 5.61. The van der Waals surface area contributed by atoms with Crippen molar-refractivity contribution in [2.45, 2.75) is 6.04 Å². The molecule has 2 N–H and O–H groups in total. The Morgan fingerprint density at radius 3 is 2.69 bits per heavy atom.